The van der Waals surface area contributed by atoms with E-state index in [1.54, 1.807) is 50.2 Å². The molecule has 1 heterocycles. The van der Waals surface area contributed by atoms with Crippen LogP contribution in [0, 0.1) is 12.7 Å². The van der Waals surface area contributed by atoms with Crippen molar-refractivity contribution in [2.24, 2.45) is 0 Å². The Morgan fingerprint density at radius 1 is 1.23 bits per heavy atom. The van der Waals surface area contributed by atoms with E-state index < -0.39 is 11.9 Å². The quantitative estimate of drug-likeness (QED) is 0.592. The molecular weight excluding hydrogens is 421 g/mol. The summed E-state index contributed by atoms with van der Waals surface area (Å²) in [5.74, 6) is -0.732. The number of aryl methyl sites for hydroxylation is 1. The summed E-state index contributed by atoms with van der Waals surface area (Å²) < 4.78 is 14.7. The minimum Gasteiger partial charge on any atom is -0.324 e. The number of anilines is 1. The maximum atomic E-state index is 13.2. The Balaban J connectivity index is 1.82. The molecule has 3 aromatic rings. The van der Waals surface area contributed by atoms with Gasteiger partial charge in [0.25, 0.3) is 5.91 Å². The van der Waals surface area contributed by atoms with Crippen molar-refractivity contribution in [2.45, 2.75) is 33.2 Å². The number of hydrogen-bond acceptors (Lipinski definition) is 4. The van der Waals surface area contributed by atoms with Gasteiger partial charge in [-0.15, -0.1) is 5.10 Å². The molecule has 0 fully saturated rings. The molecule has 0 aliphatic carbocycles. The summed E-state index contributed by atoms with van der Waals surface area (Å²) in [5.41, 5.74) is 1.13. The van der Waals surface area contributed by atoms with Crippen LogP contribution in [-0.2, 0) is 4.79 Å². The van der Waals surface area contributed by atoms with Gasteiger partial charge in [-0.25, -0.2) is 14.1 Å². The van der Waals surface area contributed by atoms with Crippen molar-refractivity contribution in [3.63, 3.8) is 0 Å². The van der Waals surface area contributed by atoms with Gasteiger partial charge < -0.3 is 10.2 Å². The fourth-order valence-electron chi connectivity index (χ4n) is 3.10. The number of hydrogen-bond donors (Lipinski definition) is 1. The molecule has 7 nitrogen and oxygen atoms in total. The van der Waals surface area contributed by atoms with E-state index in [4.69, 9.17) is 11.6 Å². The van der Waals surface area contributed by atoms with Gasteiger partial charge >= 0.3 is 0 Å². The zero-order valence-corrected chi connectivity index (χ0v) is 18.2. The van der Waals surface area contributed by atoms with Crippen LogP contribution >= 0.6 is 11.6 Å². The van der Waals surface area contributed by atoms with Crippen LogP contribution in [0.4, 0.5) is 10.1 Å². The first-order chi connectivity index (χ1) is 14.8. The van der Waals surface area contributed by atoms with Crippen LogP contribution in [0.25, 0.3) is 5.69 Å². The first kappa shape index (κ1) is 22.4. The van der Waals surface area contributed by atoms with Crippen molar-refractivity contribution in [1.82, 2.24) is 19.7 Å². The summed E-state index contributed by atoms with van der Waals surface area (Å²) >= 11 is 5.97. The minimum atomic E-state index is -0.760. The Morgan fingerprint density at radius 2 is 1.94 bits per heavy atom. The minimum absolute atomic E-state index is 0.0299. The fourth-order valence-corrected chi connectivity index (χ4v) is 3.29. The predicted octanol–water partition coefficient (Wildman–Crippen LogP) is 4.25. The number of nitrogens with one attached hydrogen (secondary N) is 1. The summed E-state index contributed by atoms with van der Waals surface area (Å²) in [7, 11) is 0. The average Bonchev–Trinajstić information content (AvgIpc) is 3.13. The van der Waals surface area contributed by atoms with Gasteiger partial charge in [0.2, 0.25) is 11.7 Å². The Kier molecular flexibility index (Phi) is 7.02. The van der Waals surface area contributed by atoms with E-state index in [1.807, 2.05) is 6.92 Å². The fraction of sp³-hybridized carbons (Fsp3) is 0.273. The lowest BCUT2D eigenvalue weighted by atomic mass is 10.2. The monoisotopic (exact) mass is 443 g/mol. The number of carbonyl (C=O) groups excluding carboxylic acids is 2. The van der Waals surface area contributed by atoms with Crippen LogP contribution in [0.1, 0.15) is 36.7 Å². The molecule has 1 atom stereocenters. The summed E-state index contributed by atoms with van der Waals surface area (Å²) in [4.78, 5) is 31.6. The highest BCUT2D eigenvalue weighted by Gasteiger charge is 2.29. The normalized spacial score (nSPS) is 11.8. The second-order valence-electron chi connectivity index (χ2n) is 7.04. The van der Waals surface area contributed by atoms with E-state index in [1.165, 1.54) is 21.7 Å². The summed E-state index contributed by atoms with van der Waals surface area (Å²) in [6.07, 6.45) is 0.651. The molecule has 0 saturated heterocycles. The first-order valence-corrected chi connectivity index (χ1v) is 10.2. The van der Waals surface area contributed by atoms with Crippen molar-refractivity contribution in [3.05, 3.63) is 71.0 Å². The third-order valence-electron chi connectivity index (χ3n) is 4.70. The molecule has 0 radical (unpaired) electrons. The van der Waals surface area contributed by atoms with Crippen LogP contribution in [0.5, 0.6) is 0 Å². The largest absolute Gasteiger partial charge is 0.324 e. The Labute approximate surface area is 184 Å². The second kappa shape index (κ2) is 9.70. The van der Waals surface area contributed by atoms with Gasteiger partial charge in [0.05, 0.1) is 5.69 Å². The second-order valence-corrected chi connectivity index (χ2v) is 7.48. The zero-order valence-electron chi connectivity index (χ0n) is 17.5. The third-order valence-corrected chi connectivity index (χ3v) is 4.93. The maximum absolute atomic E-state index is 13.2. The molecule has 2 amide bonds. The number of benzene rings is 2. The Hall–Kier alpha value is -3.26. The topological polar surface area (TPSA) is 80.1 Å². The molecule has 3 rings (SSSR count). The Bertz CT molecular complexity index is 1080. The first-order valence-electron chi connectivity index (χ1n) is 9.87. The van der Waals surface area contributed by atoms with Crippen molar-refractivity contribution in [2.75, 3.05) is 11.9 Å². The molecule has 31 heavy (non-hydrogen) atoms. The highest BCUT2D eigenvalue weighted by molar-refractivity contribution is 6.30. The lowest BCUT2D eigenvalue weighted by Crippen LogP contribution is -2.46. The van der Waals surface area contributed by atoms with E-state index in [9.17, 15) is 14.0 Å². The van der Waals surface area contributed by atoms with Gasteiger partial charge in [-0.3, -0.25) is 9.59 Å². The highest BCUT2D eigenvalue weighted by atomic mass is 35.5. The van der Waals surface area contributed by atoms with Crippen molar-refractivity contribution in [3.8, 4) is 5.69 Å². The van der Waals surface area contributed by atoms with Crippen LogP contribution in [0.2, 0.25) is 5.02 Å². The van der Waals surface area contributed by atoms with Gasteiger partial charge in [-0.1, -0.05) is 24.6 Å². The number of amides is 2. The standard InChI is InChI=1S/C22H23ClFN5O2/c1-4-12-28(14(2)21(30)26-18-7-5-6-16(23)13-18)22(31)20-25-15(3)29(27-20)19-10-8-17(24)9-11-19/h5-11,13-14H,4,12H2,1-3H3,(H,26,30)/t14-/m0/s1. The van der Waals surface area contributed by atoms with E-state index in [0.29, 0.717) is 35.2 Å². The van der Waals surface area contributed by atoms with Crippen LogP contribution in [0.15, 0.2) is 48.5 Å². The van der Waals surface area contributed by atoms with Gasteiger partial charge in [-0.05, 0) is 62.7 Å². The summed E-state index contributed by atoms with van der Waals surface area (Å²) in [5, 5.41) is 7.57. The number of aromatic nitrogens is 3. The SMILES string of the molecule is CCCN(C(=O)c1nc(C)n(-c2ccc(F)cc2)n1)[C@@H](C)C(=O)Nc1cccc(Cl)c1. The zero-order chi connectivity index (χ0) is 22.5. The molecular formula is C22H23ClFN5O2. The van der Waals surface area contributed by atoms with Crippen LogP contribution < -0.4 is 5.32 Å². The molecule has 0 aliphatic heterocycles. The maximum Gasteiger partial charge on any atom is 0.294 e. The highest BCUT2D eigenvalue weighted by Crippen LogP contribution is 2.17. The number of halogens is 2. The lowest BCUT2D eigenvalue weighted by Gasteiger charge is -2.27. The average molecular weight is 444 g/mol. The number of rotatable bonds is 7. The van der Waals surface area contributed by atoms with Crippen molar-refractivity contribution >= 4 is 29.1 Å². The lowest BCUT2D eigenvalue weighted by molar-refractivity contribution is -0.120. The van der Waals surface area contributed by atoms with E-state index in [-0.39, 0.29) is 17.5 Å². The molecule has 0 unspecified atom stereocenters. The predicted molar refractivity (Wildman–Crippen MR) is 117 cm³/mol. The summed E-state index contributed by atoms with van der Waals surface area (Å²) in [6, 6.07) is 11.8. The van der Waals surface area contributed by atoms with E-state index in [2.05, 4.69) is 15.4 Å². The smallest absolute Gasteiger partial charge is 0.294 e. The van der Waals surface area contributed by atoms with E-state index >= 15 is 0 Å². The van der Waals surface area contributed by atoms with Gasteiger partial charge in [-0.2, -0.15) is 0 Å². The molecule has 2 aromatic carbocycles. The number of nitrogens with zero attached hydrogens (tertiary/aromatic N) is 4. The molecule has 0 spiro atoms. The van der Waals surface area contributed by atoms with Gasteiger partial charge in [0.1, 0.15) is 17.7 Å². The van der Waals surface area contributed by atoms with Crippen molar-refractivity contribution in [1.29, 1.82) is 0 Å². The molecule has 1 aromatic heterocycles. The van der Waals surface area contributed by atoms with Crippen molar-refractivity contribution < 1.29 is 14.0 Å². The van der Waals surface area contributed by atoms with E-state index in [0.717, 1.165) is 0 Å². The van der Waals surface area contributed by atoms with Crippen LogP contribution in [0.3, 0.4) is 0 Å². The van der Waals surface area contributed by atoms with Gasteiger partial charge in [0, 0.05) is 17.3 Å². The Morgan fingerprint density at radius 3 is 2.58 bits per heavy atom. The molecule has 0 aliphatic rings. The molecule has 0 saturated carbocycles. The molecule has 9 heteroatoms. The third kappa shape index (κ3) is 5.27. The van der Waals surface area contributed by atoms with Gasteiger partial charge in [0.15, 0.2) is 0 Å². The van der Waals surface area contributed by atoms with Crippen LogP contribution in [-0.4, -0.2) is 44.1 Å². The number of carbonyl (C=O) groups is 2. The molecule has 1 N–H and O–H groups in total. The molecule has 162 valence electrons. The molecule has 0 bridgehead atoms. The summed E-state index contributed by atoms with van der Waals surface area (Å²) in [6.45, 7) is 5.62.